The molecule has 0 amide bonds. The number of halogens is 1. The predicted octanol–water partition coefficient (Wildman–Crippen LogP) is 3.04. The lowest BCUT2D eigenvalue weighted by Gasteiger charge is -2.11. The summed E-state index contributed by atoms with van der Waals surface area (Å²) in [5.74, 6) is -0.162. The van der Waals surface area contributed by atoms with Gasteiger partial charge in [-0.3, -0.25) is 0 Å². The van der Waals surface area contributed by atoms with Crippen molar-refractivity contribution in [1.82, 2.24) is 0 Å². The minimum absolute atomic E-state index is 0.124. The van der Waals surface area contributed by atoms with Crippen LogP contribution in [0.2, 0.25) is 5.02 Å². The molecular weight excluding hydrogens is 280 g/mol. The maximum Gasteiger partial charge on any atom is 0.350 e. The smallest absolute Gasteiger partial charge is 0.350 e. The van der Waals surface area contributed by atoms with Crippen LogP contribution in [0.4, 0.5) is 5.69 Å². The number of hydrogen-bond donors (Lipinski definition) is 1. The van der Waals surface area contributed by atoms with Crippen molar-refractivity contribution in [2.75, 3.05) is 19.0 Å². The van der Waals surface area contributed by atoms with Gasteiger partial charge < -0.3 is 14.8 Å². The van der Waals surface area contributed by atoms with Crippen LogP contribution in [0, 0.1) is 18.3 Å². The first-order valence-electron chi connectivity index (χ1n) is 5.91. The number of carbonyl (C=O) groups is 1. The first kappa shape index (κ1) is 15.9. The number of nitrogens with zero attached hydrogens (tertiary/aromatic N) is 1. The maximum absolute atomic E-state index is 11.5. The average molecular weight is 295 g/mol. The number of nitrogens with one attached hydrogen (secondary N) is 1. The van der Waals surface area contributed by atoms with Gasteiger partial charge in [-0.2, -0.15) is 5.26 Å². The quantitative estimate of drug-likeness (QED) is 0.513. The topological polar surface area (TPSA) is 71.4 Å². The van der Waals surface area contributed by atoms with E-state index < -0.39 is 5.97 Å². The number of carbonyl (C=O) groups excluding carboxylic acids is 1. The highest BCUT2D eigenvalue weighted by Crippen LogP contribution is 2.31. The van der Waals surface area contributed by atoms with Crippen molar-refractivity contribution < 1.29 is 14.3 Å². The van der Waals surface area contributed by atoms with E-state index in [0.29, 0.717) is 16.5 Å². The summed E-state index contributed by atoms with van der Waals surface area (Å²) in [6.07, 6.45) is 1.28. The number of rotatable bonds is 5. The molecule has 5 nitrogen and oxygen atoms in total. The van der Waals surface area contributed by atoms with E-state index in [9.17, 15) is 4.79 Å². The van der Waals surface area contributed by atoms with E-state index in [1.54, 1.807) is 25.1 Å². The minimum Gasteiger partial charge on any atom is -0.495 e. The molecule has 106 valence electrons. The molecule has 0 bridgehead atoms. The normalized spacial score (nSPS) is 10.7. The second kappa shape index (κ2) is 7.41. The van der Waals surface area contributed by atoms with Gasteiger partial charge in [-0.25, -0.2) is 4.79 Å². The fourth-order valence-electron chi connectivity index (χ4n) is 1.44. The molecule has 20 heavy (non-hydrogen) atoms. The number of benzene rings is 1. The number of anilines is 1. The van der Waals surface area contributed by atoms with E-state index in [2.05, 4.69) is 5.32 Å². The van der Waals surface area contributed by atoms with Gasteiger partial charge in [-0.1, -0.05) is 11.6 Å². The Balaban J connectivity index is 3.01. The zero-order valence-electron chi connectivity index (χ0n) is 11.5. The maximum atomic E-state index is 11.5. The Morgan fingerprint density at radius 3 is 2.80 bits per heavy atom. The van der Waals surface area contributed by atoms with Crippen LogP contribution in [0.5, 0.6) is 5.75 Å². The third-order valence-corrected chi connectivity index (χ3v) is 2.88. The highest BCUT2D eigenvalue weighted by Gasteiger charge is 2.11. The van der Waals surface area contributed by atoms with Crippen molar-refractivity contribution in [3.8, 4) is 11.8 Å². The van der Waals surface area contributed by atoms with Crippen molar-refractivity contribution in [2.24, 2.45) is 0 Å². The highest BCUT2D eigenvalue weighted by atomic mass is 35.5. The van der Waals surface area contributed by atoms with Gasteiger partial charge in [-0.05, 0) is 25.5 Å². The molecule has 1 rings (SSSR count). The van der Waals surface area contributed by atoms with Crippen molar-refractivity contribution in [3.63, 3.8) is 0 Å². The lowest BCUT2D eigenvalue weighted by atomic mass is 10.2. The van der Waals surface area contributed by atoms with Crippen LogP contribution in [-0.2, 0) is 9.53 Å². The summed E-state index contributed by atoms with van der Waals surface area (Å²) in [5, 5.41) is 12.3. The standard InChI is InChI=1S/C14H15ClN2O3/c1-4-20-14(18)10(7-16)8-17-12-5-9(2)11(15)6-13(12)19-3/h5-6,8,17H,4H2,1-3H3/b10-8+. The molecule has 0 spiro atoms. The first-order chi connectivity index (χ1) is 9.53. The fraction of sp³-hybridized carbons (Fsp3) is 0.286. The van der Waals surface area contributed by atoms with Crippen LogP contribution in [-0.4, -0.2) is 19.7 Å². The Morgan fingerprint density at radius 1 is 1.55 bits per heavy atom. The molecular formula is C14H15ClN2O3. The van der Waals surface area contributed by atoms with Crippen LogP contribution >= 0.6 is 11.6 Å². The Labute approximate surface area is 122 Å². The van der Waals surface area contributed by atoms with Crippen molar-refractivity contribution >= 4 is 23.3 Å². The second-order valence-corrected chi connectivity index (χ2v) is 4.24. The van der Waals surface area contributed by atoms with Crippen LogP contribution in [0.3, 0.4) is 0 Å². The molecule has 1 aromatic rings. The molecule has 6 heteroatoms. The molecule has 0 atom stereocenters. The summed E-state index contributed by atoms with van der Waals surface area (Å²) < 4.78 is 9.94. The molecule has 1 aromatic carbocycles. The lowest BCUT2D eigenvalue weighted by molar-refractivity contribution is -0.138. The molecule has 0 saturated heterocycles. The fourth-order valence-corrected chi connectivity index (χ4v) is 1.59. The molecule has 0 fully saturated rings. The largest absolute Gasteiger partial charge is 0.495 e. The van der Waals surface area contributed by atoms with E-state index in [4.69, 9.17) is 26.3 Å². The third-order valence-electron chi connectivity index (χ3n) is 2.47. The summed E-state index contributed by atoms with van der Waals surface area (Å²) in [7, 11) is 1.51. The number of hydrogen-bond acceptors (Lipinski definition) is 5. The van der Waals surface area contributed by atoms with E-state index in [1.165, 1.54) is 13.3 Å². The Bertz CT molecular complexity index is 577. The van der Waals surface area contributed by atoms with E-state index in [0.717, 1.165) is 5.56 Å². The lowest BCUT2D eigenvalue weighted by Crippen LogP contribution is -2.08. The number of nitriles is 1. The van der Waals surface area contributed by atoms with Gasteiger partial charge in [-0.15, -0.1) is 0 Å². The number of ether oxygens (including phenoxy) is 2. The van der Waals surface area contributed by atoms with Crippen LogP contribution < -0.4 is 10.1 Å². The summed E-state index contributed by atoms with van der Waals surface area (Å²) in [6.45, 7) is 3.72. The SMILES string of the molecule is CCOC(=O)/C(C#N)=C/Nc1cc(C)c(Cl)cc1OC. The van der Waals surface area contributed by atoms with Crippen LogP contribution in [0.1, 0.15) is 12.5 Å². The highest BCUT2D eigenvalue weighted by molar-refractivity contribution is 6.31. The third kappa shape index (κ3) is 3.90. The molecule has 0 aliphatic carbocycles. The monoisotopic (exact) mass is 294 g/mol. The summed E-state index contributed by atoms with van der Waals surface area (Å²) in [5.41, 5.74) is 1.32. The van der Waals surface area contributed by atoms with E-state index in [-0.39, 0.29) is 12.2 Å². The van der Waals surface area contributed by atoms with Gasteiger partial charge in [0.25, 0.3) is 0 Å². The molecule has 0 saturated carbocycles. The van der Waals surface area contributed by atoms with Gasteiger partial charge >= 0.3 is 5.97 Å². The van der Waals surface area contributed by atoms with Gasteiger partial charge in [0.05, 0.1) is 19.4 Å². The molecule has 0 aliphatic rings. The average Bonchev–Trinajstić information content (AvgIpc) is 2.43. The predicted molar refractivity (Wildman–Crippen MR) is 76.7 cm³/mol. The zero-order valence-corrected chi connectivity index (χ0v) is 12.2. The molecule has 1 N–H and O–H groups in total. The summed E-state index contributed by atoms with van der Waals surface area (Å²) >= 11 is 6.00. The molecule has 0 aromatic heterocycles. The van der Waals surface area contributed by atoms with Crippen LogP contribution in [0.15, 0.2) is 23.9 Å². The summed E-state index contributed by atoms with van der Waals surface area (Å²) in [6, 6.07) is 5.20. The molecule has 0 aliphatic heterocycles. The number of aryl methyl sites for hydroxylation is 1. The molecule has 0 unspecified atom stereocenters. The first-order valence-corrected chi connectivity index (χ1v) is 6.29. The Hall–Kier alpha value is -2.19. The van der Waals surface area contributed by atoms with Crippen molar-refractivity contribution in [2.45, 2.75) is 13.8 Å². The van der Waals surface area contributed by atoms with Crippen molar-refractivity contribution in [3.05, 3.63) is 34.5 Å². The zero-order chi connectivity index (χ0) is 15.1. The van der Waals surface area contributed by atoms with E-state index in [1.807, 2.05) is 6.92 Å². The van der Waals surface area contributed by atoms with Gasteiger partial charge in [0, 0.05) is 17.3 Å². The number of methoxy groups -OCH3 is 1. The Morgan fingerprint density at radius 2 is 2.25 bits per heavy atom. The van der Waals surface area contributed by atoms with Gasteiger partial charge in [0.15, 0.2) is 5.57 Å². The summed E-state index contributed by atoms with van der Waals surface area (Å²) in [4.78, 5) is 11.5. The Kier molecular flexibility index (Phi) is 5.88. The molecule has 0 heterocycles. The van der Waals surface area contributed by atoms with Crippen molar-refractivity contribution in [1.29, 1.82) is 5.26 Å². The molecule has 0 radical (unpaired) electrons. The minimum atomic E-state index is -0.674. The van der Waals surface area contributed by atoms with E-state index >= 15 is 0 Å². The number of esters is 1. The van der Waals surface area contributed by atoms with Gasteiger partial charge in [0.1, 0.15) is 11.8 Å². The second-order valence-electron chi connectivity index (χ2n) is 3.84. The van der Waals surface area contributed by atoms with Gasteiger partial charge in [0.2, 0.25) is 0 Å². The van der Waals surface area contributed by atoms with Crippen LogP contribution in [0.25, 0.3) is 0 Å².